The van der Waals surface area contributed by atoms with Gasteiger partial charge in [-0.05, 0) is 60.7 Å². The van der Waals surface area contributed by atoms with Gasteiger partial charge >= 0.3 is 0 Å². The van der Waals surface area contributed by atoms with E-state index in [0.717, 1.165) is 37.1 Å². The van der Waals surface area contributed by atoms with Gasteiger partial charge < -0.3 is 10.3 Å². The van der Waals surface area contributed by atoms with Crippen LogP contribution in [-0.4, -0.2) is 28.0 Å². The Morgan fingerprint density at radius 2 is 1.97 bits per heavy atom. The lowest BCUT2D eigenvalue weighted by molar-refractivity contribution is 0.730. The summed E-state index contributed by atoms with van der Waals surface area (Å²) < 4.78 is 0. The van der Waals surface area contributed by atoms with Gasteiger partial charge in [-0.1, -0.05) is 32.9 Å². The molecule has 0 spiro atoms. The second-order valence-electron chi connectivity index (χ2n) is 9.78. The first kappa shape index (κ1) is 21.5. The number of pyridine rings is 2. The van der Waals surface area contributed by atoms with Crippen molar-refractivity contribution >= 4 is 33.4 Å². The zero-order valence-corrected chi connectivity index (χ0v) is 20.8. The molecule has 1 aliphatic carbocycles. The van der Waals surface area contributed by atoms with Gasteiger partial charge in [0.25, 0.3) is 0 Å². The minimum atomic E-state index is 0.428. The largest absolute Gasteiger partial charge is 0.353 e. The van der Waals surface area contributed by atoms with Crippen molar-refractivity contribution in [3.63, 3.8) is 0 Å². The number of rotatable bonds is 4. The highest BCUT2D eigenvalue weighted by atomic mass is 32.1. The average molecular weight is 467 g/mol. The number of allylic oxidation sites excluding steroid dienone is 1. The molecule has 5 heterocycles. The quantitative estimate of drug-likeness (QED) is 0.336. The maximum Gasteiger partial charge on any atom is 0.0651 e. The molecule has 0 aromatic carbocycles. The molecule has 0 fully saturated rings. The van der Waals surface area contributed by atoms with E-state index < -0.39 is 0 Å². The van der Waals surface area contributed by atoms with Gasteiger partial charge in [0, 0.05) is 62.4 Å². The van der Waals surface area contributed by atoms with Crippen molar-refractivity contribution in [2.24, 2.45) is 0 Å². The van der Waals surface area contributed by atoms with Crippen molar-refractivity contribution in [3.8, 4) is 10.4 Å². The topological polar surface area (TPSA) is 53.6 Å². The third-order valence-corrected chi connectivity index (χ3v) is 8.50. The molecule has 0 radical (unpaired) electrons. The zero-order chi connectivity index (χ0) is 23.2. The first-order valence-electron chi connectivity index (χ1n) is 12.3. The molecule has 4 aromatic rings. The van der Waals surface area contributed by atoms with Crippen molar-refractivity contribution in [1.82, 2.24) is 20.3 Å². The van der Waals surface area contributed by atoms with Crippen molar-refractivity contribution in [2.45, 2.75) is 45.4 Å². The fraction of sp³-hybridized carbons (Fsp3) is 0.310. The summed E-state index contributed by atoms with van der Waals surface area (Å²) in [6.07, 6.45) is 12.8. The maximum atomic E-state index is 4.96. The first-order valence-corrected chi connectivity index (χ1v) is 13.1. The summed E-state index contributed by atoms with van der Waals surface area (Å²) >= 11 is 1.87. The molecule has 4 aromatic heterocycles. The number of aromatic nitrogens is 3. The summed E-state index contributed by atoms with van der Waals surface area (Å²) in [5.41, 5.74) is 9.80. The van der Waals surface area contributed by atoms with Crippen LogP contribution < -0.4 is 5.32 Å². The molecular formula is C29H30N4S. The van der Waals surface area contributed by atoms with Crippen LogP contribution in [-0.2, 0) is 0 Å². The predicted molar refractivity (Wildman–Crippen MR) is 143 cm³/mol. The van der Waals surface area contributed by atoms with Crippen LogP contribution in [0.25, 0.3) is 32.5 Å². The Hall–Kier alpha value is -3.02. The fourth-order valence-corrected chi connectivity index (χ4v) is 6.15. The average Bonchev–Trinajstić information content (AvgIpc) is 3.52. The number of fused-ring (bicyclic) bond motifs is 2. The van der Waals surface area contributed by atoms with Crippen LogP contribution in [0.15, 0.2) is 55.0 Å². The van der Waals surface area contributed by atoms with Gasteiger partial charge in [0.1, 0.15) is 0 Å². The fourth-order valence-electron chi connectivity index (χ4n) is 5.12. The Morgan fingerprint density at radius 3 is 2.76 bits per heavy atom. The summed E-state index contributed by atoms with van der Waals surface area (Å²) in [4.78, 5) is 15.9. The number of H-pyrrole nitrogens is 1. The summed E-state index contributed by atoms with van der Waals surface area (Å²) in [5, 5.41) is 4.64. The van der Waals surface area contributed by atoms with Gasteiger partial charge in [-0.2, -0.15) is 0 Å². The molecule has 5 heteroatoms. The highest BCUT2D eigenvalue weighted by molar-refractivity contribution is 7.15. The van der Waals surface area contributed by atoms with Crippen molar-refractivity contribution in [3.05, 3.63) is 82.4 Å². The van der Waals surface area contributed by atoms with Gasteiger partial charge in [0.05, 0.1) is 17.4 Å². The van der Waals surface area contributed by atoms with Gasteiger partial charge in [-0.15, -0.1) is 11.3 Å². The molecule has 2 aliphatic rings. The molecule has 0 unspecified atom stereocenters. The number of hydrogen-bond acceptors (Lipinski definition) is 4. The van der Waals surface area contributed by atoms with Crippen LogP contribution in [0.3, 0.4) is 0 Å². The van der Waals surface area contributed by atoms with Gasteiger partial charge in [-0.25, -0.2) is 0 Å². The molecule has 0 bridgehead atoms. The minimum absolute atomic E-state index is 0.428. The molecule has 2 N–H and O–H groups in total. The molecule has 6 rings (SSSR count). The minimum Gasteiger partial charge on any atom is -0.353 e. The number of thiophene rings is 1. The lowest BCUT2D eigenvalue weighted by atomic mass is 9.85. The first-order chi connectivity index (χ1) is 16.6. The number of hydrogen-bond donors (Lipinski definition) is 2. The van der Waals surface area contributed by atoms with E-state index in [1.54, 1.807) is 0 Å². The van der Waals surface area contributed by atoms with Crippen LogP contribution in [0, 0.1) is 0 Å². The highest BCUT2D eigenvalue weighted by Gasteiger charge is 2.24. The van der Waals surface area contributed by atoms with E-state index in [2.05, 4.69) is 78.7 Å². The summed E-state index contributed by atoms with van der Waals surface area (Å²) in [5.74, 6) is 0.965. The van der Waals surface area contributed by atoms with Crippen molar-refractivity contribution in [2.75, 3.05) is 13.1 Å². The number of aromatic amines is 1. The van der Waals surface area contributed by atoms with Crippen LogP contribution >= 0.6 is 11.3 Å². The van der Waals surface area contributed by atoms with Gasteiger partial charge in [-0.3, -0.25) is 9.97 Å². The maximum absolute atomic E-state index is 4.96. The van der Waals surface area contributed by atoms with Gasteiger partial charge in [0.2, 0.25) is 0 Å². The van der Waals surface area contributed by atoms with E-state index in [0.29, 0.717) is 11.8 Å². The SMILES string of the molecule is CC(C)c1ccc(-c2cncc3[nH]c(C4=CC[C@@H](C)c5ncc(C6=CCNCC6)cc54)cc23)s1. The van der Waals surface area contributed by atoms with Crippen molar-refractivity contribution in [1.29, 1.82) is 0 Å². The van der Waals surface area contributed by atoms with E-state index in [1.807, 2.05) is 23.7 Å². The molecule has 0 saturated carbocycles. The Bertz CT molecular complexity index is 1440. The lowest BCUT2D eigenvalue weighted by Gasteiger charge is -2.23. The van der Waals surface area contributed by atoms with E-state index >= 15 is 0 Å². The molecule has 34 heavy (non-hydrogen) atoms. The Balaban J connectivity index is 1.45. The van der Waals surface area contributed by atoms with Crippen LogP contribution in [0.2, 0.25) is 0 Å². The molecule has 0 amide bonds. The third-order valence-electron chi connectivity index (χ3n) is 7.08. The Kier molecular flexibility index (Phi) is 5.47. The number of nitrogens with one attached hydrogen (secondary N) is 2. The van der Waals surface area contributed by atoms with E-state index in [1.165, 1.54) is 48.7 Å². The standard InChI is InChI=1S/C29H30N4S/c1-17(2)27-6-7-28(34-27)24-15-31-16-26-22(24)13-25(33-26)21-5-4-18(3)29-23(21)12-20(14-32-29)19-8-10-30-11-9-19/h5-8,12-18,30,33H,4,9-11H2,1-3H3/t18-/m1/s1. The van der Waals surface area contributed by atoms with E-state index in [-0.39, 0.29) is 0 Å². The molecule has 1 atom stereocenters. The van der Waals surface area contributed by atoms with E-state index in [9.17, 15) is 0 Å². The zero-order valence-electron chi connectivity index (χ0n) is 20.0. The van der Waals surface area contributed by atoms with Crippen LogP contribution in [0.1, 0.15) is 72.8 Å². The molecule has 1 aliphatic heterocycles. The predicted octanol–water partition coefficient (Wildman–Crippen LogP) is 7.13. The van der Waals surface area contributed by atoms with Crippen LogP contribution in [0.5, 0.6) is 0 Å². The summed E-state index contributed by atoms with van der Waals surface area (Å²) in [6.45, 7) is 8.74. The smallest absolute Gasteiger partial charge is 0.0651 e. The van der Waals surface area contributed by atoms with Crippen LogP contribution in [0.4, 0.5) is 0 Å². The Morgan fingerprint density at radius 1 is 1.06 bits per heavy atom. The molecule has 172 valence electrons. The molecular weight excluding hydrogens is 436 g/mol. The van der Waals surface area contributed by atoms with Gasteiger partial charge in [0.15, 0.2) is 0 Å². The second-order valence-corrected chi connectivity index (χ2v) is 10.9. The molecule has 4 nitrogen and oxygen atoms in total. The second kappa shape index (κ2) is 8.64. The monoisotopic (exact) mass is 466 g/mol. The number of nitrogens with zero attached hydrogens (tertiary/aromatic N) is 2. The third kappa shape index (κ3) is 3.73. The molecule has 0 saturated heterocycles. The highest BCUT2D eigenvalue weighted by Crippen LogP contribution is 2.41. The lowest BCUT2D eigenvalue weighted by Crippen LogP contribution is -2.20. The normalized spacial score (nSPS) is 18.2. The summed E-state index contributed by atoms with van der Waals surface area (Å²) in [6, 6.07) is 9.16. The van der Waals surface area contributed by atoms with Crippen molar-refractivity contribution < 1.29 is 0 Å². The Labute approximate surface area is 204 Å². The summed E-state index contributed by atoms with van der Waals surface area (Å²) in [7, 11) is 0. The van der Waals surface area contributed by atoms with E-state index in [4.69, 9.17) is 4.98 Å².